The van der Waals surface area contributed by atoms with Gasteiger partial charge in [-0.25, -0.2) is 13.8 Å². The van der Waals surface area contributed by atoms with Gasteiger partial charge in [-0.2, -0.15) is 0 Å². The molecule has 28 heavy (non-hydrogen) atoms. The molecule has 1 aliphatic carbocycles. The summed E-state index contributed by atoms with van der Waals surface area (Å²) in [5.74, 6) is -0.941. The molecule has 0 saturated heterocycles. The standard InChI is InChI=1S/C21H24F2N2O3/c22-16-8-9-19(18(23)12-16)27-11-3-6-20(26)24-13-15-7-10-21(25-14-15)28-17-4-1-2-5-17/h7-10,12,14,17H,1-6,11,13H2,(H,24,26). The topological polar surface area (TPSA) is 60.5 Å². The first kappa shape index (κ1) is 20.0. The molecule has 5 nitrogen and oxygen atoms in total. The van der Waals surface area contributed by atoms with E-state index in [4.69, 9.17) is 9.47 Å². The van der Waals surface area contributed by atoms with Gasteiger partial charge in [0.2, 0.25) is 11.8 Å². The maximum absolute atomic E-state index is 13.4. The van der Waals surface area contributed by atoms with Gasteiger partial charge in [-0.3, -0.25) is 4.79 Å². The number of carbonyl (C=O) groups is 1. The van der Waals surface area contributed by atoms with Crippen LogP contribution in [0.5, 0.6) is 11.6 Å². The van der Waals surface area contributed by atoms with Crippen molar-refractivity contribution in [1.82, 2.24) is 10.3 Å². The molecule has 0 radical (unpaired) electrons. The minimum atomic E-state index is -0.752. The van der Waals surface area contributed by atoms with Crippen LogP contribution in [0.15, 0.2) is 36.5 Å². The van der Waals surface area contributed by atoms with Gasteiger partial charge in [0.1, 0.15) is 11.9 Å². The van der Waals surface area contributed by atoms with Crippen molar-refractivity contribution in [3.8, 4) is 11.6 Å². The van der Waals surface area contributed by atoms with Crippen molar-refractivity contribution >= 4 is 5.91 Å². The molecular formula is C21H24F2N2O3. The van der Waals surface area contributed by atoms with Crippen molar-refractivity contribution in [2.75, 3.05) is 6.61 Å². The molecule has 1 fully saturated rings. The number of carbonyl (C=O) groups excluding carboxylic acids is 1. The van der Waals surface area contributed by atoms with Crippen LogP contribution in [0.2, 0.25) is 0 Å². The number of aromatic nitrogens is 1. The van der Waals surface area contributed by atoms with Gasteiger partial charge in [0, 0.05) is 31.3 Å². The third kappa shape index (κ3) is 6.18. The second-order valence-electron chi connectivity index (χ2n) is 6.83. The van der Waals surface area contributed by atoms with Crippen molar-refractivity contribution in [3.05, 3.63) is 53.7 Å². The van der Waals surface area contributed by atoms with Crippen LogP contribution in [0.1, 0.15) is 44.1 Å². The Morgan fingerprint density at radius 1 is 1.18 bits per heavy atom. The summed E-state index contributed by atoms with van der Waals surface area (Å²) in [4.78, 5) is 16.2. The molecule has 1 saturated carbocycles. The summed E-state index contributed by atoms with van der Waals surface area (Å²) < 4.78 is 37.3. The maximum Gasteiger partial charge on any atom is 0.220 e. The number of amides is 1. The molecule has 1 N–H and O–H groups in total. The molecule has 1 amide bonds. The van der Waals surface area contributed by atoms with E-state index in [1.165, 1.54) is 18.9 Å². The van der Waals surface area contributed by atoms with E-state index in [9.17, 15) is 13.6 Å². The Kier molecular flexibility index (Phi) is 7.17. The molecule has 1 aromatic heterocycles. The number of halogens is 2. The molecule has 1 heterocycles. The normalized spacial score (nSPS) is 14.1. The molecule has 0 spiro atoms. The second-order valence-corrected chi connectivity index (χ2v) is 6.83. The van der Waals surface area contributed by atoms with Crippen LogP contribution < -0.4 is 14.8 Å². The van der Waals surface area contributed by atoms with Crippen LogP contribution in [0, 0.1) is 11.6 Å². The number of pyridine rings is 1. The first-order valence-electron chi connectivity index (χ1n) is 9.56. The predicted molar refractivity (Wildman–Crippen MR) is 100 cm³/mol. The van der Waals surface area contributed by atoms with Crippen molar-refractivity contribution in [2.45, 2.75) is 51.2 Å². The molecule has 0 bridgehead atoms. The molecule has 2 aromatic rings. The van der Waals surface area contributed by atoms with Gasteiger partial charge in [0.15, 0.2) is 11.6 Å². The highest BCUT2D eigenvalue weighted by molar-refractivity contribution is 5.75. The van der Waals surface area contributed by atoms with Gasteiger partial charge in [-0.1, -0.05) is 6.07 Å². The smallest absolute Gasteiger partial charge is 0.220 e. The fourth-order valence-corrected chi connectivity index (χ4v) is 3.06. The predicted octanol–water partition coefficient (Wildman–Crippen LogP) is 4.16. The molecule has 1 aliphatic rings. The second kappa shape index (κ2) is 10.0. The lowest BCUT2D eigenvalue weighted by Gasteiger charge is -2.12. The zero-order valence-electron chi connectivity index (χ0n) is 15.6. The lowest BCUT2D eigenvalue weighted by molar-refractivity contribution is -0.121. The minimum absolute atomic E-state index is 0.0206. The van der Waals surface area contributed by atoms with E-state index in [2.05, 4.69) is 10.3 Å². The molecular weight excluding hydrogens is 366 g/mol. The Morgan fingerprint density at radius 3 is 2.71 bits per heavy atom. The van der Waals surface area contributed by atoms with E-state index >= 15 is 0 Å². The summed E-state index contributed by atoms with van der Waals surface area (Å²) in [5.41, 5.74) is 0.886. The average Bonchev–Trinajstić information content (AvgIpc) is 3.19. The first-order valence-corrected chi connectivity index (χ1v) is 9.56. The summed E-state index contributed by atoms with van der Waals surface area (Å²) in [6, 6.07) is 6.84. The molecule has 150 valence electrons. The van der Waals surface area contributed by atoms with Crippen molar-refractivity contribution in [3.63, 3.8) is 0 Å². The fourth-order valence-electron chi connectivity index (χ4n) is 3.06. The van der Waals surface area contributed by atoms with Gasteiger partial charge in [-0.15, -0.1) is 0 Å². The molecule has 0 aliphatic heterocycles. The van der Waals surface area contributed by atoms with Crippen molar-refractivity contribution < 1.29 is 23.0 Å². The Bertz CT molecular complexity index is 778. The number of hydrogen-bond acceptors (Lipinski definition) is 4. The molecule has 7 heteroatoms. The number of nitrogens with one attached hydrogen (secondary N) is 1. The zero-order chi connectivity index (χ0) is 19.8. The minimum Gasteiger partial charge on any atom is -0.491 e. The van der Waals surface area contributed by atoms with Crippen LogP contribution in [-0.2, 0) is 11.3 Å². The monoisotopic (exact) mass is 390 g/mol. The fraction of sp³-hybridized carbons (Fsp3) is 0.429. The third-order valence-corrected chi connectivity index (χ3v) is 4.58. The lowest BCUT2D eigenvalue weighted by atomic mass is 10.2. The lowest BCUT2D eigenvalue weighted by Crippen LogP contribution is -2.23. The van der Waals surface area contributed by atoms with E-state index in [1.807, 2.05) is 12.1 Å². The maximum atomic E-state index is 13.4. The number of ether oxygens (including phenoxy) is 2. The average molecular weight is 390 g/mol. The largest absolute Gasteiger partial charge is 0.491 e. The summed E-state index contributed by atoms with van der Waals surface area (Å²) >= 11 is 0. The Morgan fingerprint density at radius 2 is 2.00 bits per heavy atom. The molecule has 0 unspecified atom stereocenters. The van der Waals surface area contributed by atoms with E-state index in [-0.39, 0.29) is 30.8 Å². The van der Waals surface area contributed by atoms with E-state index in [1.54, 1.807) is 6.20 Å². The number of rotatable bonds is 9. The van der Waals surface area contributed by atoms with E-state index in [0.717, 1.165) is 30.5 Å². The van der Waals surface area contributed by atoms with Crippen LogP contribution in [0.4, 0.5) is 8.78 Å². The zero-order valence-corrected chi connectivity index (χ0v) is 15.6. The van der Waals surface area contributed by atoms with Crippen LogP contribution in [-0.4, -0.2) is 23.6 Å². The van der Waals surface area contributed by atoms with Crippen molar-refractivity contribution in [2.24, 2.45) is 0 Å². The Labute approximate surface area is 163 Å². The van der Waals surface area contributed by atoms with Crippen molar-refractivity contribution in [1.29, 1.82) is 0 Å². The van der Waals surface area contributed by atoms with Gasteiger partial charge >= 0.3 is 0 Å². The van der Waals surface area contributed by atoms with Crippen LogP contribution in [0.3, 0.4) is 0 Å². The Hall–Kier alpha value is -2.70. The third-order valence-electron chi connectivity index (χ3n) is 4.58. The number of hydrogen-bond donors (Lipinski definition) is 1. The van der Waals surface area contributed by atoms with Crippen LogP contribution >= 0.6 is 0 Å². The first-order chi connectivity index (χ1) is 13.6. The van der Waals surface area contributed by atoms with Gasteiger partial charge in [-0.05, 0) is 49.8 Å². The highest BCUT2D eigenvalue weighted by atomic mass is 19.1. The summed E-state index contributed by atoms with van der Waals surface area (Å²) in [6.07, 6.45) is 7.22. The van der Waals surface area contributed by atoms with Gasteiger partial charge in [0.05, 0.1) is 6.61 Å². The van der Waals surface area contributed by atoms with Crippen LogP contribution in [0.25, 0.3) is 0 Å². The van der Waals surface area contributed by atoms with Gasteiger partial charge in [0.25, 0.3) is 0 Å². The highest BCUT2D eigenvalue weighted by Gasteiger charge is 2.16. The molecule has 3 rings (SSSR count). The SMILES string of the molecule is O=C(CCCOc1ccc(F)cc1F)NCc1ccc(OC2CCCC2)nc1. The molecule has 1 aromatic carbocycles. The van der Waals surface area contributed by atoms with E-state index in [0.29, 0.717) is 18.8 Å². The number of benzene rings is 1. The summed E-state index contributed by atoms with van der Waals surface area (Å²) in [5, 5.41) is 2.81. The summed E-state index contributed by atoms with van der Waals surface area (Å²) in [7, 11) is 0. The Balaban J connectivity index is 1.32. The van der Waals surface area contributed by atoms with Gasteiger partial charge < -0.3 is 14.8 Å². The molecule has 0 atom stereocenters. The quantitative estimate of drug-likeness (QED) is 0.654. The van der Waals surface area contributed by atoms with E-state index < -0.39 is 11.6 Å². The highest BCUT2D eigenvalue weighted by Crippen LogP contribution is 2.23. The number of nitrogens with zero attached hydrogens (tertiary/aromatic N) is 1. The summed E-state index contributed by atoms with van der Waals surface area (Å²) in [6.45, 7) is 0.549.